The molecular formula is C31H33ClFN7O3. The quantitative estimate of drug-likeness (QED) is 0.194. The second-order valence-electron chi connectivity index (χ2n) is 10.6. The number of hydrogen-bond donors (Lipinski definition) is 0. The Balaban J connectivity index is 1.17. The minimum atomic E-state index is -0.390. The van der Waals surface area contributed by atoms with Gasteiger partial charge in [0.2, 0.25) is 5.88 Å². The van der Waals surface area contributed by atoms with Crippen LogP contribution in [-0.2, 0) is 31.0 Å². The molecule has 1 aliphatic rings. The number of piperidine rings is 1. The molecule has 0 saturated carbocycles. The Morgan fingerprint density at radius 3 is 2.72 bits per heavy atom. The van der Waals surface area contributed by atoms with Crippen molar-refractivity contribution in [3.05, 3.63) is 94.7 Å². The van der Waals surface area contributed by atoms with Crippen molar-refractivity contribution in [1.29, 1.82) is 0 Å². The zero-order chi connectivity index (χ0) is 29.9. The first kappa shape index (κ1) is 28.9. The fourth-order valence-electron chi connectivity index (χ4n) is 5.64. The number of carbonyl (C=O) groups is 1. The molecule has 43 heavy (non-hydrogen) atoms. The maximum absolute atomic E-state index is 14.2. The van der Waals surface area contributed by atoms with Gasteiger partial charge in [-0.05, 0) is 50.1 Å². The summed E-state index contributed by atoms with van der Waals surface area (Å²) in [6.45, 7) is 5.93. The number of fused-ring (bicyclic) bond motifs is 1. The maximum Gasteiger partial charge on any atom is 0.337 e. The number of aryl methyl sites for hydroxylation is 1. The van der Waals surface area contributed by atoms with E-state index in [0.717, 1.165) is 55.0 Å². The van der Waals surface area contributed by atoms with E-state index in [2.05, 4.69) is 31.0 Å². The standard InChI is InChI=1S/C31H33ClFN7O3/c1-3-38-20-34-16-25(38)17-39-28-14-21(31(41)42-2)5-7-27(28)36-29(39)18-37-12-9-24(10-13-37)40-30(8-11-35-40)43-19-22-4-6-23(32)15-26(22)33/h4-8,11,14-16,20,24H,3,9-10,12-13,17-19H2,1-2H3. The molecule has 2 aromatic carbocycles. The molecule has 0 unspecified atom stereocenters. The highest BCUT2D eigenvalue weighted by atomic mass is 35.5. The molecule has 0 radical (unpaired) electrons. The molecule has 0 atom stereocenters. The van der Waals surface area contributed by atoms with E-state index < -0.39 is 5.82 Å². The number of halogens is 2. The molecular weight excluding hydrogens is 573 g/mol. The van der Waals surface area contributed by atoms with Crippen LogP contribution in [0.4, 0.5) is 4.39 Å². The second kappa shape index (κ2) is 12.6. The number of aromatic nitrogens is 6. The van der Waals surface area contributed by atoms with Crippen molar-refractivity contribution in [2.24, 2.45) is 0 Å². The molecule has 0 bridgehead atoms. The number of imidazole rings is 2. The van der Waals surface area contributed by atoms with Crippen LogP contribution in [0.25, 0.3) is 11.0 Å². The highest BCUT2D eigenvalue weighted by Gasteiger charge is 2.25. The predicted molar refractivity (Wildman–Crippen MR) is 160 cm³/mol. The number of rotatable bonds is 10. The SMILES string of the molecule is CCn1cncc1Cn1c(CN2CCC(n3nccc3OCc3ccc(Cl)cc3F)CC2)nc2ccc(C(=O)OC)cc21. The molecule has 4 heterocycles. The predicted octanol–water partition coefficient (Wildman–Crippen LogP) is 5.49. The minimum absolute atomic E-state index is 0.0956. The van der Waals surface area contributed by atoms with E-state index in [9.17, 15) is 9.18 Å². The Bertz CT molecular complexity index is 1740. The van der Waals surface area contributed by atoms with Crippen LogP contribution in [-0.4, -0.2) is 60.0 Å². The lowest BCUT2D eigenvalue weighted by atomic mass is 10.1. The van der Waals surface area contributed by atoms with Crippen LogP contribution in [0.1, 0.15) is 53.2 Å². The van der Waals surface area contributed by atoms with Gasteiger partial charge in [-0.15, -0.1) is 0 Å². The highest BCUT2D eigenvalue weighted by molar-refractivity contribution is 6.30. The van der Waals surface area contributed by atoms with Gasteiger partial charge >= 0.3 is 5.97 Å². The van der Waals surface area contributed by atoms with Crippen LogP contribution < -0.4 is 4.74 Å². The summed E-state index contributed by atoms with van der Waals surface area (Å²) >= 11 is 5.88. The van der Waals surface area contributed by atoms with E-state index in [1.165, 1.54) is 13.2 Å². The van der Waals surface area contributed by atoms with Gasteiger partial charge in [0.1, 0.15) is 18.2 Å². The molecule has 0 spiro atoms. The zero-order valence-corrected chi connectivity index (χ0v) is 24.9. The van der Waals surface area contributed by atoms with Gasteiger partial charge in [-0.3, -0.25) is 4.90 Å². The van der Waals surface area contributed by atoms with Crippen LogP contribution in [0.3, 0.4) is 0 Å². The number of likely N-dealkylation sites (tertiary alicyclic amines) is 1. The van der Waals surface area contributed by atoms with Crippen molar-refractivity contribution in [3.63, 3.8) is 0 Å². The number of methoxy groups -OCH3 is 1. The fraction of sp³-hybridized carbons (Fsp3) is 0.355. The maximum atomic E-state index is 14.2. The third-order valence-electron chi connectivity index (χ3n) is 8.00. The van der Waals surface area contributed by atoms with Gasteiger partial charge in [-0.2, -0.15) is 5.10 Å². The Hall–Kier alpha value is -4.22. The summed E-state index contributed by atoms with van der Waals surface area (Å²) in [5, 5.41) is 4.88. The second-order valence-corrected chi connectivity index (χ2v) is 11.1. The van der Waals surface area contributed by atoms with Crippen LogP contribution in [0.5, 0.6) is 5.88 Å². The summed E-state index contributed by atoms with van der Waals surface area (Å²) in [6.07, 6.45) is 7.18. The molecule has 10 nitrogen and oxygen atoms in total. The summed E-state index contributed by atoms with van der Waals surface area (Å²) in [6, 6.07) is 12.0. The third-order valence-corrected chi connectivity index (χ3v) is 8.24. The Morgan fingerprint density at radius 2 is 1.95 bits per heavy atom. The number of carbonyl (C=O) groups excluding carboxylic acids is 1. The first-order valence-electron chi connectivity index (χ1n) is 14.3. The highest BCUT2D eigenvalue weighted by Crippen LogP contribution is 2.29. The number of benzene rings is 2. The molecule has 224 valence electrons. The minimum Gasteiger partial charge on any atom is -0.473 e. The molecule has 1 fully saturated rings. The van der Waals surface area contributed by atoms with Gasteiger partial charge in [0, 0.05) is 42.5 Å². The van der Waals surface area contributed by atoms with E-state index in [1.807, 2.05) is 35.4 Å². The first-order chi connectivity index (χ1) is 20.9. The average molecular weight is 606 g/mol. The molecule has 1 aliphatic heterocycles. The van der Waals surface area contributed by atoms with Crippen molar-refractivity contribution in [2.45, 2.75) is 52.0 Å². The smallest absolute Gasteiger partial charge is 0.337 e. The fourth-order valence-corrected chi connectivity index (χ4v) is 5.80. The van der Waals surface area contributed by atoms with Crippen LogP contribution >= 0.6 is 11.6 Å². The van der Waals surface area contributed by atoms with Gasteiger partial charge in [0.25, 0.3) is 0 Å². The Morgan fingerprint density at radius 1 is 1.12 bits per heavy atom. The van der Waals surface area contributed by atoms with Gasteiger partial charge in [-0.25, -0.2) is 23.8 Å². The number of ether oxygens (including phenoxy) is 2. The monoisotopic (exact) mass is 605 g/mol. The van der Waals surface area contributed by atoms with E-state index in [0.29, 0.717) is 35.1 Å². The van der Waals surface area contributed by atoms with Crippen LogP contribution in [0, 0.1) is 5.82 Å². The van der Waals surface area contributed by atoms with Crippen molar-refractivity contribution in [2.75, 3.05) is 20.2 Å². The van der Waals surface area contributed by atoms with Gasteiger partial charge in [0.05, 0.1) is 61.1 Å². The molecule has 0 N–H and O–H groups in total. The summed E-state index contributed by atoms with van der Waals surface area (Å²) in [5.74, 6) is 0.770. The van der Waals surface area contributed by atoms with Crippen LogP contribution in [0.15, 0.2) is 61.2 Å². The van der Waals surface area contributed by atoms with Gasteiger partial charge < -0.3 is 18.6 Å². The van der Waals surface area contributed by atoms with Crippen LogP contribution in [0.2, 0.25) is 5.02 Å². The first-order valence-corrected chi connectivity index (χ1v) is 14.7. The molecule has 1 saturated heterocycles. The van der Waals surface area contributed by atoms with Crippen molar-refractivity contribution in [3.8, 4) is 5.88 Å². The summed E-state index contributed by atoms with van der Waals surface area (Å²) in [5.41, 5.74) is 3.71. The molecule has 3 aromatic heterocycles. The summed E-state index contributed by atoms with van der Waals surface area (Å²) < 4.78 is 31.4. The van der Waals surface area contributed by atoms with E-state index in [-0.39, 0.29) is 18.6 Å². The van der Waals surface area contributed by atoms with Gasteiger partial charge in [0.15, 0.2) is 0 Å². The van der Waals surface area contributed by atoms with E-state index >= 15 is 0 Å². The Labute approximate surface area is 253 Å². The lowest BCUT2D eigenvalue weighted by Gasteiger charge is -2.32. The van der Waals surface area contributed by atoms with Crippen molar-refractivity contribution >= 4 is 28.6 Å². The Kier molecular flexibility index (Phi) is 8.44. The van der Waals surface area contributed by atoms with Crippen molar-refractivity contribution < 1.29 is 18.7 Å². The number of hydrogen-bond acceptors (Lipinski definition) is 7. The normalized spacial score (nSPS) is 14.4. The van der Waals surface area contributed by atoms with Crippen molar-refractivity contribution in [1.82, 2.24) is 33.8 Å². The summed E-state index contributed by atoms with van der Waals surface area (Å²) in [7, 11) is 1.39. The zero-order valence-electron chi connectivity index (χ0n) is 24.1. The number of nitrogens with zero attached hydrogens (tertiary/aromatic N) is 7. The third kappa shape index (κ3) is 6.14. The lowest BCUT2D eigenvalue weighted by molar-refractivity contribution is 0.0601. The molecule has 12 heteroatoms. The largest absolute Gasteiger partial charge is 0.473 e. The topological polar surface area (TPSA) is 92.2 Å². The van der Waals surface area contributed by atoms with E-state index in [1.54, 1.807) is 24.4 Å². The lowest BCUT2D eigenvalue weighted by Crippen LogP contribution is -2.35. The average Bonchev–Trinajstić information content (AvgIpc) is 3.76. The molecule has 0 amide bonds. The van der Waals surface area contributed by atoms with E-state index in [4.69, 9.17) is 26.1 Å². The number of esters is 1. The molecule has 0 aliphatic carbocycles. The molecule has 6 rings (SSSR count). The molecule has 5 aromatic rings. The van der Waals surface area contributed by atoms with Gasteiger partial charge in [-0.1, -0.05) is 17.7 Å². The summed E-state index contributed by atoms with van der Waals surface area (Å²) in [4.78, 5) is 24.0.